The van der Waals surface area contributed by atoms with Crippen LogP contribution in [0, 0.1) is 0 Å². The lowest BCUT2D eigenvalue weighted by Gasteiger charge is -2.43. The van der Waals surface area contributed by atoms with Crippen molar-refractivity contribution in [3.8, 4) is 0 Å². The standard InChI is InChI=1S/C16H30N4O2S2.HI/c1-17-15(19-14-4-11-24(21,22)12-14)18-13-16(5-2-3-6-16)20-7-9-23-10-8-20;/h14H,2-13H2,1H3,(H2,17,18,19);1H. The van der Waals surface area contributed by atoms with Crippen molar-refractivity contribution < 1.29 is 8.42 Å². The molecular formula is C16H31IN4O2S2. The maximum atomic E-state index is 11.6. The van der Waals surface area contributed by atoms with E-state index in [1.54, 1.807) is 7.05 Å². The molecule has 2 heterocycles. The Labute approximate surface area is 173 Å². The zero-order valence-electron chi connectivity index (χ0n) is 15.0. The lowest BCUT2D eigenvalue weighted by atomic mass is 9.94. The van der Waals surface area contributed by atoms with Gasteiger partial charge >= 0.3 is 0 Å². The van der Waals surface area contributed by atoms with Crippen LogP contribution in [0.1, 0.15) is 32.1 Å². The fourth-order valence-electron chi connectivity index (χ4n) is 4.22. The molecule has 0 aromatic rings. The first-order chi connectivity index (χ1) is 11.5. The molecule has 146 valence electrons. The van der Waals surface area contributed by atoms with Crippen molar-refractivity contribution in [2.24, 2.45) is 4.99 Å². The number of halogens is 1. The molecule has 0 radical (unpaired) electrons. The Morgan fingerprint density at radius 2 is 1.96 bits per heavy atom. The molecule has 2 saturated heterocycles. The second-order valence-electron chi connectivity index (χ2n) is 7.20. The molecule has 0 amide bonds. The molecule has 0 bridgehead atoms. The third kappa shape index (κ3) is 5.62. The van der Waals surface area contributed by atoms with E-state index in [0.29, 0.717) is 6.42 Å². The van der Waals surface area contributed by atoms with Crippen LogP contribution in [0.5, 0.6) is 0 Å². The van der Waals surface area contributed by atoms with E-state index in [1.807, 2.05) is 0 Å². The maximum Gasteiger partial charge on any atom is 0.191 e. The Balaban J connectivity index is 0.00000225. The summed E-state index contributed by atoms with van der Waals surface area (Å²) in [6.45, 7) is 3.26. The van der Waals surface area contributed by atoms with Gasteiger partial charge in [-0.3, -0.25) is 9.89 Å². The van der Waals surface area contributed by atoms with E-state index in [1.165, 1.54) is 50.3 Å². The topological polar surface area (TPSA) is 73.8 Å². The number of nitrogens with one attached hydrogen (secondary N) is 2. The smallest absolute Gasteiger partial charge is 0.191 e. The van der Waals surface area contributed by atoms with Crippen LogP contribution in [0.4, 0.5) is 0 Å². The lowest BCUT2D eigenvalue weighted by Crippen LogP contribution is -2.58. The highest BCUT2D eigenvalue weighted by Gasteiger charge is 2.40. The van der Waals surface area contributed by atoms with Crippen molar-refractivity contribution in [1.82, 2.24) is 15.5 Å². The summed E-state index contributed by atoms with van der Waals surface area (Å²) >= 11 is 2.05. The molecule has 0 aromatic carbocycles. The molecule has 1 saturated carbocycles. The van der Waals surface area contributed by atoms with E-state index in [-0.39, 0.29) is 47.1 Å². The SMILES string of the molecule is CN=C(NCC1(N2CCSCC2)CCCC1)NC1CCS(=O)(=O)C1.I. The summed E-state index contributed by atoms with van der Waals surface area (Å²) in [6, 6.07) is -0.00730. The largest absolute Gasteiger partial charge is 0.355 e. The zero-order chi connectivity index (χ0) is 17.0. The first-order valence-corrected chi connectivity index (χ1v) is 12.0. The molecule has 9 heteroatoms. The first kappa shape index (κ1) is 21.6. The van der Waals surface area contributed by atoms with E-state index >= 15 is 0 Å². The summed E-state index contributed by atoms with van der Waals surface area (Å²) < 4.78 is 23.3. The maximum absolute atomic E-state index is 11.6. The van der Waals surface area contributed by atoms with E-state index in [9.17, 15) is 8.42 Å². The fraction of sp³-hybridized carbons (Fsp3) is 0.938. The van der Waals surface area contributed by atoms with Crippen molar-refractivity contribution in [3.63, 3.8) is 0 Å². The van der Waals surface area contributed by atoms with Crippen LogP contribution >= 0.6 is 35.7 Å². The van der Waals surface area contributed by atoms with Gasteiger partial charge in [0, 0.05) is 49.8 Å². The van der Waals surface area contributed by atoms with Gasteiger partial charge in [0.1, 0.15) is 0 Å². The zero-order valence-corrected chi connectivity index (χ0v) is 19.0. The van der Waals surface area contributed by atoms with Gasteiger partial charge in [-0.2, -0.15) is 11.8 Å². The first-order valence-electron chi connectivity index (χ1n) is 9.03. The summed E-state index contributed by atoms with van der Waals surface area (Å²) in [4.78, 5) is 6.99. The van der Waals surface area contributed by atoms with Gasteiger partial charge < -0.3 is 10.6 Å². The predicted octanol–water partition coefficient (Wildman–Crippen LogP) is 1.32. The van der Waals surface area contributed by atoms with E-state index in [2.05, 4.69) is 32.3 Å². The van der Waals surface area contributed by atoms with Gasteiger partial charge in [-0.25, -0.2) is 8.42 Å². The molecule has 3 aliphatic rings. The molecule has 1 atom stereocenters. The summed E-state index contributed by atoms with van der Waals surface area (Å²) in [6.07, 6.45) is 5.78. The minimum atomic E-state index is -2.86. The van der Waals surface area contributed by atoms with Gasteiger partial charge in [0.25, 0.3) is 0 Å². The predicted molar refractivity (Wildman–Crippen MR) is 117 cm³/mol. The number of nitrogens with zero attached hydrogens (tertiary/aromatic N) is 2. The van der Waals surface area contributed by atoms with Crippen LogP contribution in [-0.2, 0) is 9.84 Å². The van der Waals surface area contributed by atoms with Gasteiger partial charge in [-0.1, -0.05) is 12.8 Å². The van der Waals surface area contributed by atoms with Crippen LogP contribution in [-0.4, -0.2) is 80.6 Å². The van der Waals surface area contributed by atoms with Crippen LogP contribution in [0.25, 0.3) is 0 Å². The Hall–Kier alpha value is 0.260. The second kappa shape index (κ2) is 9.45. The van der Waals surface area contributed by atoms with E-state index in [4.69, 9.17) is 0 Å². The van der Waals surface area contributed by atoms with Gasteiger partial charge in [-0.05, 0) is 19.3 Å². The second-order valence-corrected chi connectivity index (χ2v) is 10.7. The molecule has 1 aliphatic carbocycles. The summed E-state index contributed by atoms with van der Waals surface area (Å²) in [7, 11) is -1.10. The average Bonchev–Trinajstić information content (AvgIpc) is 3.19. The molecule has 2 aliphatic heterocycles. The molecular weight excluding hydrogens is 471 g/mol. The number of aliphatic imine (C=N–C) groups is 1. The van der Waals surface area contributed by atoms with Gasteiger partial charge in [-0.15, -0.1) is 24.0 Å². The Morgan fingerprint density at radius 3 is 2.52 bits per heavy atom. The third-order valence-corrected chi connectivity index (χ3v) is 8.31. The molecule has 3 fully saturated rings. The van der Waals surface area contributed by atoms with Crippen LogP contribution in [0.3, 0.4) is 0 Å². The molecule has 6 nitrogen and oxygen atoms in total. The van der Waals surface area contributed by atoms with Crippen LogP contribution < -0.4 is 10.6 Å². The molecule has 0 spiro atoms. The molecule has 0 aromatic heterocycles. The summed E-state index contributed by atoms with van der Waals surface area (Å²) in [5.41, 5.74) is 0.250. The van der Waals surface area contributed by atoms with E-state index < -0.39 is 9.84 Å². The normalized spacial score (nSPS) is 29.2. The van der Waals surface area contributed by atoms with Crippen molar-refractivity contribution in [2.45, 2.75) is 43.7 Å². The number of hydrogen-bond acceptors (Lipinski definition) is 5. The quantitative estimate of drug-likeness (QED) is 0.343. The fourth-order valence-corrected chi connectivity index (χ4v) is 6.80. The Morgan fingerprint density at radius 1 is 1.28 bits per heavy atom. The summed E-state index contributed by atoms with van der Waals surface area (Å²) in [5, 5.41) is 6.80. The summed E-state index contributed by atoms with van der Waals surface area (Å²) in [5.74, 6) is 3.72. The van der Waals surface area contributed by atoms with Crippen LogP contribution in [0.15, 0.2) is 4.99 Å². The van der Waals surface area contributed by atoms with Crippen LogP contribution in [0.2, 0.25) is 0 Å². The number of rotatable bonds is 4. The highest BCUT2D eigenvalue weighted by molar-refractivity contribution is 14.0. The minimum Gasteiger partial charge on any atom is -0.355 e. The van der Waals surface area contributed by atoms with E-state index in [0.717, 1.165) is 12.5 Å². The number of sulfone groups is 1. The molecule has 25 heavy (non-hydrogen) atoms. The van der Waals surface area contributed by atoms with Gasteiger partial charge in [0.05, 0.1) is 11.5 Å². The minimum absolute atomic E-state index is 0. The Kier molecular flexibility index (Phi) is 8.15. The molecule has 3 rings (SSSR count). The number of thioether (sulfide) groups is 1. The molecule has 2 N–H and O–H groups in total. The van der Waals surface area contributed by atoms with Crippen molar-refractivity contribution in [3.05, 3.63) is 0 Å². The van der Waals surface area contributed by atoms with Crippen molar-refractivity contribution in [2.75, 3.05) is 49.7 Å². The average molecular weight is 502 g/mol. The van der Waals surface area contributed by atoms with Gasteiger partial charge in [0.15, 0.2) is 15.8 Å². The monoisotopic (exact) mass is 502 g/mol. The molecule has 1 unspecified atom stereocenters. The van der Waals surface area contributed by atoms with Crippen molar-refractivity contribution >= 4 is 51.5 Å². The number of hydrogen-bond donors (Lipinski definition) is 2. The highest BCUT2D eigenvalue weighted by Crippen LogP contribution is 2.36. The third-order valence-electron chi connectivity index (χ3n) is 5.60. The lowest BCUT2D eigenvalue weighted by molar-refractivity contribution is 0.107. The number of guanidine groups is 1. The highest BCUT2D eigenvalue weighted by atomic mass is 127. The van der Waals surface area contributed by atoms with Crippen molar-refractivity contribution in [1.29, 1.82) is 0 Å². The Bertz CT molecular complexity index is 558. The van der Waals surface area contributed by atoms with Gasteiger partial charge in [0.2, 0.25) is 0 Å².